The minimum atomic E-state index is -0.447. The molecule has 0 heterocycles. The summed E-state index contributed by atoms with van der Waals surface area (Å²) >= 11 is 0. The van der Waals surface area contributed by atoms with Crippen LogP contribution in [0.1, 0.15) is 5.56 Å². The molecule has 0 fully saturated rings. The number of ether oxygens (including phenoxy) is 3. The van der Waals surface area contributed by atoms with E-state index in [1.54, 1.807) is 31.4 Å². The van der Waals surface area contributed by atoms with E-state index in [1.165, 1.54) is 20.4 Å². The van der Waals surface area contributed by atoms with Crippen molar-refractivity contribution in [1.29, 1.82) is 0 Å². The molecule has 2 rings (SSSR count). The van der Waals surface area contributed by atoms with E-state index in [0.717, 1.165) is 0 Å². The van der Waals surface area contributed by atoms with Gasteiger partial charge in [0, 0.05) is 11.3 Å². The summed E-state index contributed by atoms with van der Waals surface area (Å²) in [7, 11) is 4.58. The number of rotatable bonds is 6. The molecule has 0 spiro atoms. The maximum absolute atomic E-state index is 11.8. The highest BCUT2D eigenvalue weighted by atomic mass is 16.5. The van der Waals surface area contributed by atoms with Crippen molar-refractivity contribution in [2.45, 2.75) is 0 Å². The van der Waals surface area contributed by atoms with E-state index in [2.05, 4.69) is 15.8 Å². The van der Waals surface area contributed by atoms with Crippen molar-refractivity contribution in [3.05, 3.63) is 48.0 Å². The Balaban J connectivity index is 2.07. The third-order valence-corrected chi connectivity index (χ3v) is 3.14. The molecule has 0 aliphatic carbocycles. The second-order valence-corrected chi connectivity index (χ2v) is 4.61. The van der Waals surface area contributed by atoms with E-state index in [4.69, 9.17) is 14.2 Å². The molecule has 7 heteroatoms. The number of methoxy groups -OCH3 is 3. The lowest BCUT2D eigenvalue weighted by molar-refractivity contribution is 0.252. The van der Waals surface area contributed by atoms with Crippen LogP contribution in [0.2, 0.25) is 0 Å². The molecule has 126 valence electrons. The van der Waals surface area contributed by atoms with E-state index >= 15 is 0 Å². The van der Waals surface area contributed by atoms with Crippen molar-refractivity contribution in [3.63, 3.8) is 0 Å². The van der Waals surface area contributed by atoms with Crippen LogP contribution >= 0.6 is 0 Å². The molecule has 2 aromatic rings. The molecule has 7 nitrogen and oxygen atoms in total. The van der Waals surface area contributed by atoms with Gasteiger partial charge in [-0.1, -0.05) is 18.2 Å². The van der Waals surface area contributed by atoms with Crippen molar-refractivity contribution in [2.24, 2.45) is 5.10 Å². The van der Waals surface area contributed by atoms with Gasteiger partial charge in [-0.2, -0.15) is 5.10 Å². The zero-order valence-corrected chi connectivity index (χ0v) is 13.7. The summed E-state index contributed by atoms with van der Waals surface area (Å²) in [5.74, 6) is 1.46. The Labute approximate surface area is 140 Å². The molecule has 24 heavy (non-hydrogen) atoms. The fraction of sp³-hybridized carbons (Fsp3) is 0.176. The molecule has 2 aromatic carbocycles. The Morgan fingerprint density at radius 1 is 0.958 bits per heavy atom. The zero-order valence-electron chi connectivity index (χ0n) is 13.7. The Morgan fingerprint density at radius 2 is 1.67 bits per heavy atom. The zero-order chi connectivity index (χ0) is 17.4. The molecule has 2 N–H and O–H groups in total. The third kappa shape index (κ3) is 4.16. The van der Waals surface area contributed by atoms with Gasteiger partial charge >= 0.3 is 6.03 Å². The Morgan fingerprint density at radius 3 is 2.29 bits per heavy atom. The summed E-state index contributed by atoms with van der Waals surface area (Å²) in [5, 5.41) is 6.57. The van der Waals surface area contributed by atoms with Gasteiger partial charge in [-0.3, -0.25) is 0 Å². The smallest absolute Gasteiger partial charge is 0.339 e. The molecule has 0 unspecified atom stereocenters. The van der Waals surface area contributed by atoms with Gasteiger partial charge in [-0.05, 0) is 24.3 Å². The molecule has 0 aromatic heterocycles. The number of nitrogens with one attached hydrogen (secondary N) is 2. The number of amides is 2. The lowest BCUT2D eigenvalue weighted by Crippen LogP contribution is -2.24. The summed E-state index contributed by atoms with van der Waals surface area (Å²) < 4.78 is 15.8. The third-order valence-electron chi connectivity index (χ3n) is 3.14. The molecular formula is C17H19N3O4. The van der Waals surface area contributed by atoms with Gasteiger partial charge in [-0.15, -0.1) is 0 Å². The van der Waals surface area contributed by atoms with E-state index in [0.29, 0.717) is 28.5 Å². The van der Waals surface area contributed by atoms with Crippen LogP contribution in [0.15, 0.2) is 47.6 Å². The Bertz CT molecular complexity index is 717. The molecule has 0 atom stereocenters. The minimum absolute atomic E-state index is 0.447. The fourth-order valence-corrected chi connectivity index (χ4v) is 2.07. The number of urea groups is 1. The van der Waals surface area contributed by atoms with Crippen LogP contribution in [-0.2, 0) is 0 Å². The Kier molecular flexibility index (Phi) is 6.01. The predicted molar refractivity (Wildman–Crippen MR) is 92.3 cm³/mol. The summed E-state index contributed by atoms with van der Waals surface area (Å²) in [6.07, 6.45) is 1.46. The van der Waals surface area contributed by atoms with Crippen LogP contribution < -0.4 is 25.0 Å². The molecular weight excluding hydrogens is 310 g/mol. The van der Waals surface area contributed by atoms with Crippen LogP contribution in [-0.4, -0.2) is 33.6 Å². The van der Waals surface area contributed by atoms with E-state index in [-0.39, 0.29) is 0 Å². The number of hydrogen-bond donors (Lipinski definition) is 2. The normalized spacial score (nSPS) is 10.3. The van der Waals surface area contributed by atoms with Crippen molar-refractivity contribution >= 4 is 17.9 Å². The van der Waals surface area contributed by atoms with Crippen molar-refractivity contribution in [3.8, 4) is 17.2 Å². The van der Waals surface area contributed by atoms with Crippen LogP contribution in [0.4, 0.5) is 10.5 Å². The average Bonchev–Trinajstić information content (AvgIpc) is 2.61. The summed E-state index contributed by atoms with van der Waals surface area (Å²) in [4.78, 5) is 11.8. The van der Waals surface area contributed by atoms with Crippen LogP contribution in [0.25, 0.3) is 0 Å². The second kappa shape index (κ2) is 8.42. The monoisotopic (exact) mass is 329 g/mol. The molecule has 0 aliphatic heterocycles. The summed E-state index contributed by atoms with van der Waals surface area (Å²) in [6, 6.07) is 12.1. The molecule has 2 amide bonds. The number of hydrogen-bond acceptors (Lipinski definition) is 5. The van der Waals surface area contributed by atoms with Gasteiger partial charge in [0.2, 0.25) is 5.75 Å². The van der Waals surface area contributed by atoms with Crippen LogP contribution in [0.3, 0.4) is 0 Å². The molecule has 0 aliphatic rings. The SMILES string of the molecule is COc1ccc(C=NNC(=O)Nc2ccccc2)c(OC)c1OC. The lowest BCUT2D eigenvalue weighted by Gasteiger charge is -2.13. The van der Waals surface area contributed by atoms with E-state index < -0.39 is 6.03 Å². The number of benzene rings is 2. The number of anilines is 1. The van der Waals surface area contributed by atoms with Crippen molar-refractivity contribution < 1.29 is 19.0 Å². The van der Waals surface area contributed by atoms with Crippen LogP contribution in [0, 0.1) is 0 Å². The molecule has 0 saturated carbocycles. The maximum Gasteiger partial charge on any atom is 0.339 e. The van der Waals surface area contributed by atoms with Gasteiger partial charge in [0.1, 0.15) is 0 Å². The van der Waals surface area contributed by atoms with Crippen molar-refractivity contribution in [2.75, 3.05) is 26.6 Å². The van der Waals surface area contributed by atoms with Gasteiger partial charge < -0.3 is 19.5 Å². The largest absolute Gasteiger partial charge is 0.493 e. The summed E-state index contributed by atoms with van der Waals surface area (Å²) in [5.41, 5.74) is 3.70. The first-order chi connectivity index (χ1) is 11.7. The molecule has 0 saturated heterocycles. The molecule has 0 radical (unpaired) electrons. The van der Waals surface area contributed by atoms with Gasteiger partial charge in [0.25, 0.3) is 0 Å². The van der Waals surface area contributed by atoms with E-state index in [1.807, 2.05) is 18.2 Å². The first-order valence-corrected chi connectivity index (χ1v) is 7.13. The van der Waals surface area contributed by atoms with Crippen molar-refractivity contribution in [1.82, 2.24) is 5.43 Å². The summed E-state index contributed by atoms with van der Waals surface area (Å²) in [6.45, 7) is 0. The fourth-order valence-electron chi connectivity index (χ4n) is 2.07. The second-order valence-electron chi connectivity index (χ2n) is 4.61. The van der Waals surface area contributed by atoms with Crippen LogP contribution in [0.5, 0.6) is 17.2 Å². The lowest BCUT2D eigenvalue weighted by atomic mass is 10.2. The Hall–Kier alpha value is -3.22. The van der Waals surface area contributed by atoms with E-state index in [9.17, 15) is 4.79 Å². The number of carbonyl (C=O) groups is 1. The number of nitrogens with zero attached hydrogens (tertiary/aromatic N) is 1. The number of carbonyl (C=O) groups excluding carboxylic acids is 1. The average molecular weight is 329 g/mol. The molecule has 0 bridgehead atoms. The number of hydrazone groups is 1. The standard InChI is InChI=1S/C17H19N3O4/c1-22-14-10-9-12(15(23-2)16(14)24-3)11-18-20-17(21)19-13-7-5-4-6-8-13/h4-11H,1-3H3,(H2,19,20,21). The quantitative estimate of drug-likeness (QED) is 0.631. The topological polar surface area (TPSA) is 81.2 Å². The first kappa shape index (κ1) is 17.1. The minimum Gasteiger partial charge on any atom is -0.493 e. The highest BCUT2D eigenvalue weighted by Crippen LogP contribution is 2.38. The highest BCUT2D eigenvalue weighted by molar-refractivity contribution is 5.91. The predicted octanol–water partition coefficient (Wildman–Crippen LogP) is 2.87. The maximum atomic E-state index is 11.8. The van der Waals surface area contributed by atoms with Gasteiger partial charge in [-0.25, -0.2) is 10.2 Å². The first-order valence-electron chi connectivity index (χ1n) is 7.13. The number of para-hydroxylation sites is 1. The van der Waals surface area contributed by atoms with Gasteiger partial charge in [0.15, 0.2) is 11.5 Å². The van der Waals surface area contributed by atoms with Gasteiger partial charge in [0.05, 0.1) is 27.5 Å². The highest BCUT2D eigenvalue weighted by Gasteiger charge is 2.14.